The molecule has 2 aromatic rings. The Kier molecular flexibility index (Phi) is 6.47. The third-order valence-electron chi connectivity index (χ3n) is 4.33. The minimum Gasteiger partial charge on any atom is -0.478 e. The molecule has 3 rings (SSSR count). The SMILES string of the molecule is O=C(CNc1ccc(S(=O)(=O)N2CCOCC2)cc1)Nc1ccc(C(=O)O)cc1. The van der Waals surface area contributed by atoms with Gasteiger partial charge in [-0.25, -0.2) is 13.2 Å². The van der Waals surface area contributed by atoms with Gasteiger partial charge in [0.05, 0.1) is 30.2 Å². The molecular weight excluding hydrogens is 398 g/mol. The molecule has 0 aromatic heterocycles. The number of carbonyl (C=O) groups is 2. The summed E-state index contributed by atoms with van der Waals surface area (Å²) in [6.45, 7) is 1.39. The van der Waals surface area contributed by atoms with Crippen molar-refractivity contribution in [2.75, 3.05) is 43.5 Å². The second-order valence-electron chi connectivity index (χ2n) is 6.33. The number of hydrogen-bond acceptors (Lipinski definition) is 6. The number of carbonyl (C=O) groups excluding carboxylic acids is 1. The summed E-state index contributed by atoms with van der Waals surface area (Å²) in [4.78, 5) is 23.0. The molecule has 29 heavy (non-hydrogen) atoms. The number of nitrogens with one attached hydrogen (secondary N) is 2. The molecule has 0 bridgehead atoms. The zero-order valence-electron chi connectivity index (χ0n) is 15.5. The van der Waals surface area contributed by atoms with Crippen LogP contribution in [-0.2, 0) is 19.6 Å². The van der Waals surface area contributed by atoms with E-state index in [-0.39, 0.29) is 22.9 Å². The Hall–Kier alpha value is -2.95. The Morgan fingerprint density at radius 2 is 1.55 bits per heavy atom. The van der Waals surface area contributed by atoms with Crippen molar-refractivity contribution in [3.05, 3.63) is 54.1 Å². The second kappa shape index (κ2) is 9.03. The standard InChI is InChI=1S/C19H21N3O6S/c23-18(21-16-3-1-14(2-4-16)19(24)25)13-20-15-5-7-17(8-6-15)29(26,27)22-9-11-28-12-10-22/h1-8,20H,9-13H2,(H,21,23)(H,24,25). The highest BCUT2D eigenvalue weighted by Crippen LogP contribution is 2.19. The maximum atomic E-state index is 12.6. The van der Waals surface area contributed by atoms with E-state index in [0.29, 0.717) is 37.7 Å². The Morgan fingerprint density at radius 3 is 2.14 bits per heavy atom. The van der Waals surface area contributed by atoms with Gasteiger partial charge in [0.25, 0.3) is 0 Å². The minimum atomic E-state index is -3.56. The molecular formula is C19H21N3O6S. The van der Waals surface area contributed by atoms with E-state index >= 15 is 0 Å². The number of amides is 1. The van der Waals surface area contributed by atoms with Crippen LogP contribution in [0.1, 0.15) is 10.4 Å². The van der Waals surface area contributed by atoms with Crippen LogP contribution < -0.4 is 10.6 Å². The first-order valence-corrected chi connectivity index (χ1v) is 10.4. The number of anilines is 2. The third kappa shape index (κ3) is 5.31. The fraction of sp³-hybridized carbons (Fsp3) is 0.263. The van der Waals surface area contributed by atoms with Crippen molar-refractivity contribution < 1.29 is 27.9 Å². The van der Waals surface area contributed by atoms with Gasteiger partial charge in [-0.15, -0.1) is 0 Å². The van der Waals surface area contributed by atoms with Crippen molar-refractivity contribution in [1.29, 1.82) is 0 Å². The van der Waals surface area contributed by atoms with E-state index in [9.17, 15) is 18.0 Å². The van der Waals surface area contributed by atoms with Crippen LogP contribution in [0.5, 0.6) is 0 Å². The van der Waals surface area contributed by atoms with Gasteiger partial charge in [-0.05, 0) is 48.5 Å². The monoisotopic (exact) mass is 419 g/mol. The summed E-state index contributed by atoms with van der Waals surface area (Å²) < 4.78 is 31.7. The first kappa shape index (κ1) is 20.8. The Morgan fingerprint density at radius 1 is 0.966 bits per heavy atom. The van der Waals surface area contributed by atoms with Crippen LogP contribution in [-0.4, -0.2) is 62.6 Å². The van der Waals surface area contributed by atoms with Crippen molar-refractivity contribution in [2.45, 2.75) is 4.90 Å². The molecule has 1 fully saturated rings. The number of morpholine rings is 1. The Balaban J connectivity index is 1.54. The van der Waals surface area contributed by atoms with E-state index in [0.717, 1.165) is 0 Å². The van der Waals surface area contributed by atoms with E-state index < -0.39 is 16.0 Å². The van der Waals surface area contributed by atoms with Crippen molar-refractivity contribution in [2.24, 2.45) is 0 Å². The third-order valence-corrected chi connectivity index (χ3v) is 6.24. The fourth-order valence-corrected chi connectivity index (χ4v) is 4.17. The minimum absolute atomic E-state index is 0.0315. The number of ether oxygens (including phenoxy) is 1. The number of sulfonamides is 1. The van der Waals surface area contributed by atoms with Gasteiger partial charge < -0.3 is 20.5 Å². The topological polar surface area (TPSA) is 125 Å². The average Bonchev–Trinajstić information content (AvgIpc) is 2.73. The number of benzene rings is 2. The maximum absolute atomic E-state index is 12.6. The highest BCUT2D eigenvalue weighted by Gasteiger charge is 2.26. The number of nitrogens with zero attached hydrogens (tertiary/aromatic N) is 1. The number of carboxylic acids is 1. The molecule has 0 saturated carbocycles. The highest BCUT2D eigenvalue weighted by atomic mass is 32.2. The van der Waals surface area contributed by atoms with Crippen molar-refractivity contribution >= 4 is 33.3 Å². The molecule has 10 heteroatoms. The van der Waals surface area contributed by atoms with Crippen molar-refractivity contribution in [3.63, 3.8) is 0 Å². The van der Waals surface area contributed by atoms with Crippen LogP contribution in [0.2, 0.25) is 0 Å². The molecule has 1 heterocycles. The van der Waals surface area contributed by atoms with Crippen LogP contribution in [0, 0.1) is 0 Å². The Bertz CT molecular complexity index is 968. The van der Waals surface area contributed by atoms with Gasteiger partial charge in [-0.3, -0.25) is 4.79 Å². The van der Waals surface area contributed by atoms with Gasteiger partial charge in [0, 0.05) is 24.5 Å². The molecule has 2 aromatic carbocycles. The molecule has 0 unspecified atom stereocenters. The lowest BCUT2D eigenvalue weighted by atomic mass is 10.2. The largest absolute Gasteiger partial charge is 0.478 e. The first-order valence-electron chi connectivity index (χ1n) is 8.91. The molecule has 0 atom stereocenters. The van der Waals surface area contributed by atoms with Gasteiger partial charge in [0.2, 0.25) is 15.9 Å². The maximum Gasteiger partial charge on any atom is 0.335 e. The zero-order chi connectivity index (χ0) is 20.9. The smallest absolute Gasteiger partial charge is 0.335 e. The first-order chi connectivity index (χ1) is 13.9. The summed E-state index contributed by atoms with van der Waals surface area (Å²) >= 11 is 0. The number of carboxylic acid groups (broad SMARTS) is 1. The highest BCUT2D eigenvalue weighted by molar-refractivity contribution is 7.89. The quantitative estimate of drug-likeness (QED) is 0.620. The molecule has 0 aliphatic carbocycles. The lowest BCUT2D eigenvalue weighted by molar-refractivity contribution is -0.114. The van der Waals surface area contributed by atoms with Crippen LogP contribution in [0.4, 0.5) is 11.4 Å². The number of rotatable bonds is 7. The molecule has 154 valence electrons. The van der Waals surface area contributed by atoms with Crippen molar-refractivity contribution in [1.82, 2.24) is 4.31 Å². The molecule has 3 N–H and O–H groups in total. The van der Waals surface area contributed by atoms with Crippen LogP contribution in [0.3, 0.4) is 0 Å². The lowest BCUT2D eigenvalue weighted by Gasteiger charge is -2.26. The second-order valence-corrected chi connectivity index (χ2v) is 8.26. The molecule has 1 aliphatic rings. The van der Waals surface area contributed by atoms with E-state index in [1.807, 2.05) is 0 Å². The summed E-state index contributed by atoms with van der Waals surface area (Å²) in [6, 6.07) is 12.0. The summed E-state index contributed by atoms with van der Waals surface area (Å²) in [6.07, 6.45) is 0. The van der Waals surface area contributed by atoms with Crippen LogP contribution in [0.25, 0.3) is 0 Å². The summed E-state index contributed by atoms with van der Waals surface area (Å²) in [5.74, 6) is -1.36. The van der Waals surface area contributed by atoms with Gasteiger partial charge in [-0.2, -0.15) is 4.31 Å². The van der Waals surface area contributed by atoms with Gasteiger partial charge in [0.15, 0.2) is 0 Å². The summed E-state index contributed by atoms with van der Waals surface area (Å²) in [7, 11) is -3.56. The van der Waals surface area contributed by atoms with E-state index in [1.54, 1.807) is 12.1 Å². The van der Waals surface area contributed by atoms with Crippen molar-refractivity contribution in [3.8, 4) is 0 Å². The normalized spacial score (nSPS) is 14.9. The molecule has 1 saturated heterocycles. The predicted molar refractivity (Wildman–Crippen MR) is 107 cm³/mol. The van der Waals surface area contributed by atoms with E-state index in [4.69, 9.17) is 9.84 Å². The molecule has 1 amide bonds. The van der Waals surface area contributed by atoms with Gasteiger partial charge in [-0.1, -0.05) is 0 Å². The van der Waals surface area contributed by atoms with E-state index in [1.165, 1.54) is 40.7 Å². The van der Waals surface area contributed by atoms with Crippen LogP contribution >= 0.6 is 0 Å². The molecule has 1 aliphatic heterocycles. The predicted octanol–water partition coefficient (Wildman–Crippen LogP) is 1.46. The summed E-state index contributed by atoms with van der Waals surface area (Å²) in [5.41, 5.74) is 1.21. The van der Waals surface area contributed by atoms with Gasteiger partial charge >= 0.3 is 5.97 Å². The number of hydrogen-bond donors (Lipinski definition) is 3. The Labute approximate surface area is 168 Å². The molecule has 0 spiro atoms. The van der Waals surface area contributed by atoms with Crippen LogP contribution in [0.15, 0.2) is 53.4 Å². The summed E-state index contributed by atoms with van der Waals surface area (Å²) in [5, 5.41) is 14.4. The zero-order valence-corrected chi connectivity index (χ0v) is 16.3. The number of aromatic carboxylic acids is 1. The molecule has 9 nitrogen and oxygen atoms in total. The van der Waals surface area contributed by atoms with E-state index in [2.05, 4.69) is 10.6 Å². The lowest BCUT2D eigenvalue weighted by Crippen LogP contribution is -2.40. The average molecular weight is 419 g/mol. The molecule has 0 radical (unpaired) electrons. The van der Waals surface area contributed by atoms with Gasteiger partial charge in [0.1, 0.15) is 0 Å². The fourth-order valence-electron chi connectivity index (χ4n) is 2.76.